The Morgan fingerprint density at radius 3 is 2.37 bits per heavy atom. The molecule has 0 saturated carbocycles. The average Bonchev–Trinajstić information content (AvgIpc) is 2.90. The number of benzene rings is 2. The zero-order chi connectivity index (χ0) is 27.0. The number of Topliss-reactive ketones (excluding diaryl/α,β-unsaturated/α-hetero) is 1. The second kappa shape index (κ2) is 13.0. The molecule has 0 aliphatic carbocycles. The topological polar surface area (TPSA) is 88.1 Å². The zero-order valence-corrected chi connectivity index (χ0v) is 21.6. The van der Waals surface area contributed by atoms with Crippen LogP contribution in [0.2, 0.25) is 0 Å². The van der Waals surface area contributed by atoms with E-state index in [4.69, 9.17) is 9.47 Å². The highest BCUT2D eigenvalue weighted by Gasteiger charge is 2.34. The number of nitrogens with zero attached hydrogens (tertiary/aromatic N) is 1. The van der Waals surface area contributed by atoms with Crippen molar-refractivity contribution in [1.29, 1.82) is 0 Å². The van der Waals surface area contributed by atoms with Gasteiger partial charge in [-0.3, -0.25) is 9.59 Å². The third kappa shape index (κ3) is 8.41. The van der Waals surface area contributed by atoms with E-state index in [0.717, 1.165) is 12.0 Å². The van der Waals surface area contributed by atoms with Crippen LogP contribution in [0.5, 0.6) is 17.2 Å². The van der Waals surface area contributed by atoms with E-state index in [-0.39, 0.29) is 36.3 Å². The number of unbranched alkanes of at least 4 members (excludes halogenated alkanes) is 2. The molecule has 2 aliphatic rings. The number of ketones is 1. The number of ether oxygens (including phenoxy) is 2. The Kier molecular flexibility index (Phi) is 9.55. The summed E-state index contributed by atoms with van der Waals surface area (Å²) >= 11 is 0. The van der Waals surface area contributed by atoms with E-state index in [2.05, 4.69) is 5.32 Å². The maximum atomic E-state index is 13.6. The number of halogens is 2. The van der Waals surface area contributed by atoms with Crippen molar-refractivity contribution in [3.8, 4) is 17.2 Å². The molecule has 0 unspecified atom stereocenters. The normalized spacial score (nSPS) is 17.5. The molecule has 2 aliphatic heterocycles. The molecule has 1 fully saturated rings. The molecule has 0 radical (unpaired) electrons. The Morgan fingerprint density at radius 2 is 1.63 bits per heavy atom. The minimum atomic E-state index is -2.62. The van der Waals surface area contributed by atoms with Crippen LogP contribution in [0.25, 0.3) is 0 Å². The van der Waals surface area contributed by atoms with E-state index in [9.17, 15) is 23.5 Å². The van der Waals surface area contributed by atoms with Crippen molar-refractivity contribution in [3.63, 3.8) is 0 Å². The first kappa shape index (κ1) is 27.8. The third-order valence-electron chi connectivity index (χ3n) is 7.02. The van der Waals surface area contributed by atoms with E-state index >= 15 is 0 Å². The molecule has 1 atom stereocenters. The summed E-state index contributed by atoms with van der Waals surface area (Å²) in [7, 11) is 0. The number of piperidine rings is 1. The summed E-state index contributed by atoms with van der Waals surface area (Å²) in [5, 5.41) is 12.5. The molecule has 2 aromatic carbocycles. The molecule has 206 valence electrons. The van der Waals surface area contributed by atoms with Gasteiger partial charge in [0, 0.05) is 56.9 Å². The fourth-order valence-electron chi connectivity index (χ4n) is 4.87. The highest BCUT2D eigenvalue weighted by atomic mass is 19.3. The van der Waals surface area contributed by atoms with Crippen molar-refractivity contribution in [2.24, 2.45) is 0 Å². The SMILES string of the molecule is O=C(CCCCCC(=O)c1ccc(O)cc1)N[C@@H](Cc1ccc2c(c1)OCCO2)CN1CCC(F)(F)CC1. The lowest BCUT2D eigenvalue weighted by Gasteiger charge is -2.34. The monoisotopic (exact) mass is 530 g/mol. The number of hydrogen-bond donors (Lipinski definition) is 2. The Bertz CT molecular complexity index is 1080. The summed E-state index contributed by atoms with van der Waals surface area (Å²) in [6.45, 7) is 2.09. The first-order valence-corrected chi connectivity index (χ1v) is 13.4. The number of phenols is 1. The summed E-state index contributed by atoms with van der Waals surface area (Å²) in [6.07, 6.45) is 3.02. The number of alkyl halides is 2. The average molecular weight is 531 g/mol. The summed E-state index contributed by atoms with van der Waals surface area (Å²) in [4.78, 5) is 27.0. The lowest BCUT2D eigenvalue weighted by molar-refractivity contribution is -0.122. The molecule has 1 saturated heterocycles. The van der Waals surface area contributed by atoms with Crippen LogP contribution in [0.1, 0.15) is 60.9 Å². The second-order valence-electron chi connectivity index (χ2n) is 10.1. The number of carbonyl (C=O) groups is 2. The van der Waals surface area contributed by atoms with Crippen molar-refractivity contribution in [1.82, 2.24) is 10.2 Å². The van der Waals surface area contributed by atoms with Crippen LogP contribution in [0.3, 0.4) is 0 Å². The van der Waals surface area contributed by atoms with Gasteiger partial charge in [0.05, 0.1) is 0 Å². The summed E-state index contributed by atoms with van der Waals surface area (Å²) in [5.41, 5.74) is 1.55. The number of hydrogen-bond acceptors (Lipinski definition) is 6. The number of phenolic OH excluding ortho intramolecular Hbond substituents is 1. The molecule has 2 heterocycles. The molecule has 2 aromatic rings. The number of nitrogens with one attached hydrogen (secondary N) is 1. The molecule has 38 heavy (non-hydrogen) atoms. The Balaban J connectivity index is 1.26. The Labute approximate surface area is 222 Å². The molecule has 0 spiro atoms. The van der Waals surface area contributed by atoms with E-state index in [1.807, 2.05) is 23.1 Å². The number of aromatic hydroxyl groups is 1. The molecule has 7 nitrogen and oxygen atoms in total. The largest absolute Gasteiger partial charge is 0.508 e. The van der Waals surface area contributed by atoms with Crippen LogP contribution >= 0.6 is 0 Å². The van der Waals surface area contributed by atoms with Gasteiger partial charge in [-0.15, -0.1) is 0 Å². The molecule has 0 bridgehead atoms. The molecule has 0 aromatic heterocycles. The summed E-state index contributed by atoms with van der Waals surface area (Å²) < 4.78 is 38.6. The fraction of sp³-hybridized carbons (Fsp3) is 0.517. The van der Waals surface area contributed by atoms with Gasteiger partial charge in [0.15, 0.2) is 17.3 Å². The van der Waals surface area contributed by atoms with Crippen LogP contribution in [0.4, 0.5) is 8.78 Å². The van der Waals surface area contributed by atoms with Crippen molar-refractivity contribution >= 4 is 11.7 Å². The van der Waals surface area contributed by atoms with Gasteiger partial charge in [-0.25, -0.2) is 8.78 Å². The van der Waals surface area contributed by atoms with E-state index in [1.54, 1.807) is 12.1 Å². The summed E-state index contributed by atoms with van der Waals surface area (Å²) in [6, 6.07) is 11.7. The fourth-order valence-corrected chi connectivity index (χ4v) is 4.87. The van der Waals surface area contributed by atoms with E-state index in [0.29, 0.717) is 82.0 Å². The van der Waals surface area contributed by atoms with Gasteiger partial charge in [0.1, 0.15) is 19.0 Å². The number of rotatable bonds is 12. The second-order valence-corrected chi connectivity index (χ2v) is 10.1. The van der Waals surface area contributed by atoms with Crippen molar-refractivity contribution in [3.05, 3.63) is 53.6 Å². The number of amides is 1. The van der Waals surface area contributed by atoms with Crippen molar-refractivity contribution < 1.29 is 33.0 Å². The molecule has 2 N–H and O–H groups in total. The van der Waals surface area contributed by atoms with Crippen molar-refractivity contribution in [2.75, 3.05) is 32.8 Å². The van der Waals surface area contributed by atoms with Crippen LogP contribution in [0.15, 0.2) is 42.5 Å². The van der Waals surface area contributed by atoms with Crippen LogP contribution in [-0.2, 0) is 11.2 Å². The van der Waals surface area contributed by atoms with Gasteiger partial charge in [0.2, 0.25) is 5.91 Å². The Morgan fingerprint density at radius 1 is 0.947 bits per heavy atom. The lowest BCUT2D eigenvalue weighted by Crippen LogP contribution is -2.48. The molecule has 4 rings (SSSR count). The number of carbonyl (C=O) groups excluding carboxylic acids is 2. The number of fused-ring (bicyclic) bond motifs is 1. The van der Waals surface area contributed by atoms with Gasteiger partial charge in [0.25, 0.3) is 5.92 Å². The van der Waals surface area contributed by atoms with Crippen LogP contribution in [0, 0.1) is 0 Å². The minimum absolute atomic E-state index is 0.0149. The molecular formula is C29H36F2N2O5. The number of likely N-dealkylation sites (tertiary alicyclic amines) is 1. The maximum Gasteiger partial charge on any atom is 0.250 e. The van der Waals surface area contributed by atoms with E-state index < -0.39 is 5.92 Å². The van der Waals surface area contributed by atoms with Crippen LogP contribution in [-0.4, -0.2) is 66.5 Å². The van der Waals surface area contributed by atoms with Gasteiger partial charge < -0.3 is 24.8 Å². The first-order valence-electron chi connectivity index (χ1n) is 13.4. The first-order chi connectivity index (χ1) is 18.3. The standard InChI is InChI=1S/C29H36F2N2O5/c30-29(31)12-14-33(15-13-29)20-23(18-21-6-11-26-27(19-21)38-17-16-37-26)32-28(36)5-3-1-2-4-25(35)22-7-9-24(34)10-8-22/h6-11,19,23,34H,1-5,12-18,20H2,(H,32,36)/t23-/m0/s1. The third-order valence-corrected chi connectivity index (χ3v) is 7.02. The highest BCUT2D eigenvalue weighted by molar-refractivity contribution is 5.96. The van der Waals surface area contributed by atoms with E-state index in [1.165, 1.54) is 12.1 Å². The van der Waals surface area contributed by atoms with Crippen molar-refractivity contribution in [2.45, 2.75) is 63.3 Å². The van der Waals surface area contributed by atoms with Gasteiger partial charge >= 0.3 is 0 Å². The van der Waals surface area contributed by atoms with Gasteiger partial charge in [-0.05, 0) is 61.2 Å². The minimum Gasteiger partial charge on any atom is -0.508 e. The van der Waals surface area contributed by atoms with Gasteiger partial charge in [-0.2, -0.15) is 0 Å². The smallest absolute Gasteiger partial charge is 0.250 e. The molecule has 1 amide bonds. The maximum absolute atomic E-state index is 13.6. The Hall–Kier alpha value is -3.20. The predicted molar refractivity (Wildman–Crippen MR) is 139 cm³/mol. The highest BCUT2D eigenvalue weighted by Crippen LogP contribution is 2.31. The zero-order valence-electron chi connectivity index (χ0n) is 21.6. The lowest BCUT2D eigenvalue weighted by atomic mass is 10.0. The molecular weight excluding hydrogens is 494 g/mol. The summed E-state index contributed by atoms with van der Waals surface area (Å²) in [5.74, 6) is -1.19. The predicted octanol–water partition coefficient (Wildman–Crippen LogP) is 4.76. The quantitative estimate of drug-likeness (QED) is 0.304. The molecule has 9 heteroatoms. The van der Waals surface area contributed by atoms with Crippen LogP contribution < -0.4 is 14.8 Å². The van der Waals surface area contributed by atoms with Gasteiger partial charge in [-0.1, -0.05) is 12.5 Å².